The maximum atomic E-state index is 9.97. The van der Waals surface area contributed by atoms with Crippen LogP contribution < -0.4 is 16.4 Å². The highest BCUT2D eigenvalue weighted by molar-refractivity contribution is 6.07. The second-order valence-electron chi connectivity index (χ2n) is 7.80. The van der Waals surface area contributed by atoms with Crippen LogP contribution in [0, 0.1) is 19.3 Å². The third-order valence-corrected chi connectivity index (χ3v) is 4.69. The fourth-order valence-corrected chi connectivity index (χ4v) is 2.99. The fourth-order valence-electron chi connectivity index (χ4n) is 2.99. The first kappa shape index (κ1) is 28.8. The maximum Gasteiger partial charge on any atom is 0.211 e. The average Bonchev–Trinajstić information content (AvgIpc) is 3.22. The first-order chi connectivity index (χ1) is 16.7. The quantitative estimate of drug-likeness (QED) is 0.166. The number of nitrogen functional groups attached to an aromatic ring is 1. The molecule has 0 aliphatic heterocycles. The number of rotatable bonds is 6. The number of amidine groups is 1. The van der Waals surface area contributed by atoms with Crippen molar-refractivity contribution in [1.29, 1.82) is 5.41 Å². The molecule has 2 aromatic carbocycles. The highest BCUT2D eigenvalue weighted by Crippen LogP contribution is 2.17. The zero-order chi connectivity index (χ0) is 26.2. The van der Waals surface area contributed by atoms with Gasteiger partial charge in [-0.3, -0.25) is 14.5 Å². The van der Waals surface area contributed by atoms with Gasteiger partial charge in [0.25, 0.3) is 0 Å². The minimum Gasteiger partial charge on any atom is -0.398 e. The van der Waals surface area contributed by atoms with Gasteiger partial charge in [0.05, 0.1) is 6.20 Å². The summed E-state index contributed by atoms with van der Waals surface area (Å²) in [5, 5.41) is 17.0. The van der Waals surface area contributed by atoms with E-state index in [1.807, 2.05) is 76.6 Å². The number of benzene rings is 2. The molecule has 35 heavy (non-hydrogen) atoms. The monoisotopic (exact) mass is 475 g/mol. The Bertz CT molecular complexity index is 1130. The Balaban J connectivity index is 0.000000299. The van der Waals surface area contributed by atoms with Crippen molar-refractivity contribution in [2.75, 3.05) is 23.4 Å². The summed E-state index contributed by atoms with van der Waals surface area (Å²) in [7, 11) is 3.66. The predicted molar refractivity (Wildman–Crippen MR) is 149 cm³/mol. The minimum absolute atomic E-state index is 0.603. The van der Waals surface area contributed by atoms with E-state index in [4.69, 9.17) is 11.1 Å². The Morgan fingerprint density at radius 3 is 2.40 bits per heavy atom. The molecule has 1 heterocycles. The molecule has 1 aromatic heterocycles. The van der Waals surface area contributed by atoms with E-state index in [2.05, 4.69) is 33.7 Å². The van der Waals surface area contributed by atoms with Gasteiger partial charge in [0, 0.05) is 49.1 Å². The molecule has 0 unspecified atom stereocenters. The number of aryl methyl sites for hydroxylation is 3. The number of nitrogens with one attached hydrogen (secondary N) is 3. The van der Waals surface area contributed by atoms with Crippen LogP contribution >= 0.6 is 0 Å². The lowest BCUT2D eigenvalue weighted by Gasteiger charge is -2.11. The lowest BCUT2D eigenvalue weighted by atomic mass is 10.1. The average molecular weight is 476 g/mol. The lowest BCUT2D eigenvalue weighted by molar-refractivity contribution is -0.105. The summed E-state index contributed by atoms with van der Waals surface area (Å²) in [5.74, 6) is 0.831. The van der Waals surface area contributed by atoms with Gasteiger partial charge in [-0.15, -0.1) is 0 Å². The number of hydrogen-bond acceptors (Lipinski definition) is 5. The van der Waals surface area contributed by atoms with Crippen LogP contribution in [0.25, 0.3) is 0 Å². The van der Waals surface area contributed by atoms with E-state index in [1.54, 1.807) is 17.8 Å². The molecule has 186 valence electrons. The number of anilines is 3. The Kier molecular flexibility index (Phi) is 12.9. The number of aromatic nitrogens is 2. The van der Waals surface area contributed by atoms with E-state index in [0.717, 1.165) is 34.8 Å². The third kappa shape index (κ3) is 11.0. The van der Waals surface area contributed by atoms with E-state index in [1.165, 1.54) is 11.8 Å². The SMILES string of the molecule is CC/C=C(/C)C(=NC)Nc1ccc(N)c(C=N)c1.Cc1cccc(NC=O)c1.Cc1cnn(C)c1. The van der Waals surface area contributed by atoms with Crippen molar-refractivity contribution in [3.8, 4) is 0 Å². The van der Waals surface area contributed by atoms with Gasteiger partial charge in [-0.1, -0.05) is 25.1 Å². The molecule has 0 atom stereocenters. The summed E-state index contributed by atoms with van der Waals surface area (Å²) >= 11 is 0. The van der Waals surface area contributed by atoms with Gasteiger partial charge in [-0.2, -0.15) is 5.10 Å². The number of nitrogens with zero attached hydrogens (tertiary/aromatic N) is 3. The first-order valence-corrected chi connectivity index (χ1v) is 11.3. The van der Waals surface area contributed by atoms with E-state index in [-0.39, 0.29) is 0 Å². The molecule has 0 bridgehead atoms. The molecule has 1 amide bonds. The molecular weight excluding hydrogens is 438 g/mol. The zero-order valence-electron chi connectivity index (χ0n) is 21.5. The van der Waals surface area contributed by atoms with Gasteiger partial charge < -0.3 is 21.8 Å². The Morgan fingerprint density at radius 2 is 1.91 bits per heavy atom. The Morgan fingerprint density at radius 1 is 1.17 bits per heavy atom. The van der Waals surface area contributed by atoms with E-state index in [9.17, 15) is 4.79 Å². The summed E-state index contributed by atoms with van der Waals surface area (Å²) in [4.78, 5) is 14.2. The lowest BCUT2D eigenvalue weighted by Crippen LogP contribution is -2.13. The van der Waals surface area contributed by atoms with Gasteiger partial charge in [0.2, 0.25) is 6.41 Å². The molecule has 0 saturated heterocycles. The molecule has 3 aromatic rings. The van der Waals surface area contributed by atoms with Gasteiger partial charge >= 0.3 is 0 Å². The number of amides is 1. The van der Waals surface area contributed by atoms with Crippen molar-refractivity contribution in [3.63, 3.8) is 0 Å². The first-order valence-electron chi connectivity index (χ1n) is 11.3. The van der Waals surface area contributed by atoms with Crippen molar-refractivity contribution in [3.05, 3.63) is 83.2 Å². The number of carbonyl (C=O) groups is 1. The van der Waals surface area contributed by atoms with Crippen LogP contribution in [0.2, 0.25) is 0 Å². The summed E-state index contributed by atoms with van der Waals surface area (Å²) < 4.78 is 1.79. The predicted octanol–water partition coefficient (Wildman–Crippen LogP) is 5.35. The van der Waals surface area contributed by atoms with Crippen molar-refractivity contribution >= 4 is 35.5 Å². The maximum absolute atomic E-state index is 9.97. The standard InChI is InChI=1S/C14H20N4.C8H9NO.C5H8N2/c1-4-5-10(2)14(17-3)18-12-6-7-13(16)11(8-12)9-15;1-7-3-2-4-8(5-7)9-6-10;1-5-3-6-7(2)4-5/h5-9,15H,4,16H2,1-3H3,(H,17,18);2-6H,1H3,(H,9,10);3-4H,1-2H3/b10-5-,15-9?;;. The topological polar surface area (TPSA) is 121 Å². The van der Waals surface area contributed by atoms with Crippen LogP contribution in [0.3, 0.4) is 0 Å². The summed E-state index contributed by atoms with van der Waals surface area (Å²) in [6, 6.07) is 13.2. The van der Waals surface area contributed by atoms with Crippen molar-refractivity contribution in [2.24, 2.45) is 12.0 Å². The molecule has 0 spiro atoms. The number of carbonyl (C=O) groups excluding carboxylic acids is 1. The van der Waals surface area contributed by atoms with Gasteiger partial charge in [-0.25, -0.2) is 0 Å². The molecule has 0 aliphatic rings. The third-order valence-electron chi connectivity index (χ3n) is 4.69. The van der Waals surface area contributed by atoms with E-state index in [0.29, 0.717) is 17.7 Å². The van der Waals surface area contributed by atoms with Gasteiger partial charge in [0.1, 0.15) is 5.84 Å². The highest BCUT2D eigenvalue weighted by Gasteiger charge is 2.03. The molecule has 0 fully saturated rings. The smallest absolute Gasteiger partial charge is 0.211 e. The fraction of sp³-hybridized carbons (Fsp3) is 0.259. The molecule has 5 N–H and O–H groups in total. The van der Waals surface area contributed by atoms with Gasteiger partial charge in [0.15, 0.2) is 0 Å². The zero-order valence-corrected chi connectivity index (χ0v) is 21.5. The van der Waals surface area contributed by atoms with Crippen LogP contribution in [-0.2, 0) is 11.8 Å². The molecule has 0 aliphatic carbocycles. The minimum atomic E-state index is 0.603. The Hall–Kier alpha value is -4.20. The summed E-state index contributed by atoms with van der Waals surface area (Å²) in [5.41, 5.74) is 12.2. The van der Waals surface area contributed by atoms with Crippen LogP contribution in [0.15, 0.2) is 71.5 Å². The van der Waals surface area contributed by atoms with Crippen LogP contribution in [0.5, 0.6) is 0 Å². The second kappa shape index (κ2) is 15.6. The molecule has 0 radical (unpaired) electrons. The summed E-state index contributed by atoms with van der Waals surface area (Å²) in [6.07, 6.45) is 8.82. The molecule has 3 rings (SSSR count). The van der Waals surface area contributed by atoms with Crippen molar-refractivity contribution < 1.29 is 4.79 Å². The number of nitrogens with two attached hydrogens (primary N) is 1. The number of aliphatic imine (C=N–C) groups is 1. The normalized spacial score (nSPS) is 10.8. The molecular formula is C27H37N7O. The van der Waals surface area contributed by atoms with Crippen LogP contribution in [0.1, 0.15) is 37.0 Å². The molecule has 0 saturated carbocycles. The van der Waals surface area contributed by atoms with Crippen molar-refractivity contribution in [1.82, 2.24) is 9.78 Å². The number of allylic oxidation sites excluding steroid dienone is 1. The number of hydrogen-bond donors (Lipinski definition) is 4. The Labute approximate surface area is 208 Å². The second-order valence-corrected chi connectivity index (χ2v) is 7.80. The van der Waals surface area contributed by atoms with Crippen molar-refractivity contribution in [2.45, 2.75) is 34.1 Å². The summed E-state index contributed by atoms with van der Waals surface area (Å²) in [6.45, 7) is 8.11. The van der Waals surface area contributed by atoms with Crippen LogP contribution in [-0.4, -0.2) is 35.3 Å². The highest BCUT2D eigenvalue weighted by atomic mass is 16.1. The largest absolute Gasteiger partial charge is 0.398 e. The van der Waals surface area contributed by atoms with E-state index >= 15 is 0 Å². The van der Waals surface area contributed by atoms with Crippen LogP contribution in [0.4, 0.5) is 17.1 Å². The molecule has 8 heteroatoms. The van der Waals surface area contributed by atoms with Gasteiger partial charge in [-0.05, 0) is 74.2 Å². The molecule has 8 nitrogen and oxygen atoms in total. The van der Waals surface area contributed by atoms with E-state index < -0.39 is 0 Å².